The molecule has 0 unspecified atom stereocenters. The molecular formula is C11H19N3O3. The standard InChI is InChI=1S/C11H19N3O3/c1-7-13-8(17-14-7)6-12-9(10(15)16-5)11(2,3)4/h9,12H,6H2,1-5H3/t9-/m1/s1. The van der Waals surface area contributed by atoms with Gasteiger partial charge < -0.3 is 9.26 Å². The summed E-state index contributed by atoms with van der Waals surface area (Å²) in [6.07, 6.45) is 0. The van der Waals surface area contributed by atoms with Gasteiger partial charge in [0.25, 0.3) is 0 Å². The zero-order valence-corrected chi connectivity index (χ0v) is 10.9. The number of hydrogen-bond donors (Lipinski definition) is 1. The van der Waals surface area contributed by atoms with Crippen molar-refractivity contribution in [3.63, 3.8) is 0 Å². The summed E-state index contributed by atoms with van der Waals surface area (Å²) in [6, 6.07) is -0.417. The molecule has 1 aromatic rings. The Hall–Kier alpha value is -1.43. The molecule has 1 heterocycles. The topological polar surface area (TPSA) is 77.2 Å². The van der Waals surface area contributed by atoms with E-state index in [9.17, 15) is 4.79 Å². The molecule has 6 nitrogen and oxygen atoms in total. The zero-order valence-electron chi connectivity index (χ0n) is 10.9. The number of nitrogens with zero attached hydrogens (tertiary/aromatic N) is 2. The van der Waals surface area contributed by atoms with Gasteiger partial charge in [0.2, 0.25) is 5.89 Å². The number of esters is 1. The van der Waals surface area contributed by atoms with Crippen LogP contribution in [0.15, 0.2) is 4.52 Å². The fraction of sp³-hybridized carbons (Fsp3) is 0.727. The van der Waals surface area contributed by atoms with Crippen LogP contribution in [-0.2, 0) is 16.1 Å². The molecule has 1 N–H and O–H groups in total. The quantitative estimate of drug-likeness (QED) is 0.794. The molecule has 1 aromatic heterocycles. The fourth-order valence-electron chi connectivity index (χ4n) is 1.46. The molecule has 0 aliphatic rings. The second-order valence-corrected chi connectivity index (χ2v) is 4.94. The predicted octanol–water partition coefficient (Wildman–Crippen LogP) is 1.06. The van der Waals surface area contributed by atoms with Crippen molar-refractivity contribution in [2.75, 3.05) is 7.11 Å². The lowest BCUT2D eigenvalue weighted by molar-refractivity contribution is -0.146. The van der Waals surface area contributed by atoms with Gasteiger partial charge in [-0.05, 0) is 12.3 Å². The van der Waals surface area contributed by atoms with E-state index in [1.807, 2.05) is 20.8 Å². The first-order chi connectivity index (χ1) is 7.84. The van der Waals surface area contributed by atoms with Crippen LogP contribution in [0.5, 0.6) is 0 Å². The average Bonchev–Trinajstić information content (AvgIpc) is 2.62. The van der Waals surface area contributed by atoms with Crippen molar-refractivity contribution < 1.29 is 14.1 Å². The molecule has 0 aliphatic carbocycles. The number of methoxy groups -OCH3 is 1. The molecule has 0 radical (unpaired) electrons. The maximum atomic E-state index is 11.6. The third-order valence-corrected chi connectivity index (χ3v) is 2.33. The van der Waals surface area contributed by atoms with Gasteiger partial charge in [0.1, 0.15) is 6.04 Å². The molecule has 0 amide bonds. The Kier molecular flexibility index (Phi) is 4.22. The summed E-state index contributed by atoms with van der Waals surface area (Å²) in [7, 11) is 1.37. The van der Waals surface area contributed by atoms with Crippen LogP contribution in [0.4, 0.5) is 0 Å². The van der Waals surface area contributed by atoms with Crippen LogP contribution in [-0.4, -0.2) is 29.3 Å². The summed E-state index contributed by atoms with van der Waals surface area (Å²) in [6.45, 7) is 7.97. The van der Waals surface area contributed by atoms with E-state index in [2.05, 4.69) is 15.5 Å². The highest BCUT2D eigenvalue weighted by atomic mass is 16.5. The van der Waals surface area contributed by atoms with E-state index < -0.39 is 6.04 Å². The molecule has 1 rings (SSSR count). The smallest absolute Gasteiger partial charge is 0.323 e. The molecule has 0 spiro atoms. The van der Waals surface area contributed by atoms with Crippen molar-refractivity contribution in [3.8, 4) is 0 Å². The van der Waals surface area contributed by atoms with Crippen LogP contribution in [0.1, 0.15) is 32.5 Å². The first-order valence-corrected chi connectivity index (χ1v) is 5.45. The Labute approximate surface area is 101 Å². The van der Waals surface area contributed by atoms with E-state index in [0.29, 0.717) is 18.3 Å². The van der Waals surface area contributed by atoms with Crippen molar-refractivity contribution in [3.05, 3.63) is 11.7 Å². The second-order valence-electron chi connectivity index (χ2n) is 4.94. The Balaban J connectivity index is 2.65. The van der Waals surface area contributed by atoms with Crippen molar-refractivity contribution in [1.82, 2.24) is 15.5 Å². The van der Waals surface area contributed by atoms with Gasteiger partial charge in [0.05, 0.1) is 13.7 Å². The third kappa shape index (κ3) is 3.81. The molecule has 0 saturated heterocycles. The number of aryl methyl sites for hydroxylation is 1. The van der Waals surface area contributed by atoms with E-state index in [4.69, 9.17) is 9.26 Å². The van der Waals surface area contributed by atoms with Crippen LogP contribution in [0, 0.1) is 12.3 Å². The highest BCUT2D eigenvalue weighted by Gasteiger charge is 2.32. The third-order valence-electron chi connectivity index (χ3n) is 2.33. The lowest BCUT2D eigenvalue weighted by atomic mass is 9.87. The SMILES string of the molecule is COC(=O)[C@@H](NCc1nc(C)no1)C(C)(C)C. The summed E-state index contributed by atoms with van der Waals surface area (Å²) in [5, 5.41) is 6.75. The second kappa shape index (κ2) is 5.27. The summed E-state index contributed by atoms with van der Waals surface area (Å²) < 4.78 is 9.73. The highest BCUT2D eigenvalue weighted by molar-refractivity contribution is 5.76. The average molecular weight is 241 g/mol. The summed E-state index contributed by atoms with van der Waals surface area (Å²) >= 11 is 0. The monoisotopic (exact) mass is 241 g/mol. The molecular weight excluding hydrogens is 222 g/mol. The summed E-state index contributed by atoms with van der Waals surface area (Å²) in [5.74, 6) is 0.738. The number of carbonyl (C=O) groups is 1. The van der Waals surface area contributed by atoms with Gasteiger partial charge in [-0.3, -0.25) is 10.1 Å². The number of rotatable bonds is 4. The largest absolute Gasteiger partial charge is 0.468 e. The summed E-state index contributed by atoms with van der Waals surface area (Å²) in [4.78, 5) is 15.7. The Morgan fingerprint density at radius 2 is 2.18 bits per heavy atom. The molecule has 6 heteroatoms. The maximum Gasteiger partial charge on any atom is 0.323 e. The normalized spacial score (nSPS) is 13.5. The van der Waals surface area contributed by atoms with Crippen LogP contribution in [0.2, 0.25) is 0 Å². The van der Waals surface area contributed by atoms with Crippen LogP contribution in [0.25, 0.3) is 0 Å². The van der Waals surface area contributed by atoms with Gasteiger partial charge in [-0.25, -0.2) is 0 Å². The molecule has 17 heavy (non-hydrogen) atoms. The lowest BCUT2D eigenvalue weighted by Crippen LogP contribution is -2.46. The number of hydrogen-bond acceptors (Lipinski definition) is 6. The van der Waals surface area contributed by atoms with Crippen molar-refractivity contribution in [2.45, 2.75) is 40.3 Å². The molecule has 96 valence electrons. The molecule has 1 atom stereocenters. The van der Waals surface area contributed by atoms with E-state index in [1.165, 1.54) is 7.11 Å². The van der Waals surface area contributed by atoms with E-state index >= 15 is 0 Å². The molecule has 0 aliphatic heterocycles. The molecule has 0 aromatic carbocycles. The van der Waals surface area contributed by atoms with Crippen LogP contribution in [0.3, 0.4) is 0 Å². The van der Waals surface area contributed by atoms with Crippen LogP contribution < -0.4 is 5.32 Å². The Morgan fingerprint density at radius 1 is 1.53 bits per heavy atom. The molecule has 0 fully saturated rings. The Morgan fingerprint density at radius 3 is 2.59 bits per heavy atom. The fourth-order valence-corrected chi connectivity index (χ4v) is 1.46. The van der Waals surface area contributed by atoms with Gasteiger partial charge in [-0.1, -0.05) is 25.9 Å². The van der Waals surface area contributed by atoms with Gasteiger partial charge >= 0.3 is 5.97 Å². The maximum absolute atomic E-state index is 11.6. The first kappa shape index (κ1) is 13.6. The Bertz CT molecular complexity index is 382. The van der Waals surface area contributed by atoms with Crippen molar-refractivity contribution in [2.24, 2.45) is 5.41 Å². The van der Waals surface area contributed by atoms with Crippen molar-refractivity contribution in [1.29, 1.82) is 0 Å². The highest BCUT2D eigenvalue weighted by Crippen LogP contribution is 2.20. The van der Waals surface area contributed by atoms with Gasteiger partial charge in [-0.2, -0.15) is 4.98 Å². The lowest BCUT2D eigenvalue weighted by Gasteiger charge is -2.28. The van der Waals surface area contributed by atoms with E-state index in [-0.39, 0.29) is 11.4 Å². The predicted molar refractivity (Wildman–Crippen MR) is 61.1 cm³/mol. The minimum Gasteiger partial charge on any atom is -0.468 e. The minimum atomic E-state index is -0.417. The van der Waals surface area contributed by atoms with Gasteiger partial charge in [0, 0.05) is 0 Å². The van der Waals surface area contributed by atoms with E-state index in [1.54, 1.807) is 6.92 Å². The summed E-state index contributed by atoms with van der Waals surface area (Å²) in [5.41, 5.74) is -0.248. The first-order valence-electron chi connectivity index (χ1n) is 5.45. The molecule has 0 bridgehead atoms. The minimum absolute atomic E-state index is 0.248. The van der Waals surface area contributed by atoms with Gasteiger partial charge in [-0.15, -0.1) is 0 Å². The van der Waals surface area contributed by atoms with E-state index in [0.717, 1.165) is 0 Å². The number of ether oxygens (including phenoxy) is 1. The number of nitrogens with one attached hydrogen (secondary N) is 1. The zero-order chi connectivity index (χ0) is 13.1. The van der Waals surface area contributed by atoms with Crippen LogP contribution >= 0.6 is 0 Å². The number of carbonyl (C=O) groups excluding carboxylic acids is 1. The van der Waals surface area contributed by atoms with Gasteiger partial charge in [0.15, 0.2) is 5.82 Å². The molecule has 0 saturated carbocycles. The van der Waals surface area contributed by atoms with Crippen molar-refractivity contribution >= 4 is 5.97 Å². The number of aromatic nitrogens is 2.